The number of unbranched alkanes of at least 4 members (excludes halogenated alkanes) is 8. The maximum atomic E-state index is 12.2. The number of phenolic OH excluding ortho intramolecular Hbond substituents is 1. The van der Waals surface area contributed by atoms with E-state index in [4.69, 9.17) is 0 Å². The van der Waals surface area contributed by atoms with Gasteiger partial charge in [0.05, 0.1) is 15.8 Å². The van der Waals surface area contributed by atoms with Crippen LogP contribution >= 0.6 is 11.3 Å². The Bertz CT molecular complexity index is 918. The molecule has 0 saturated carbocycles. The Balaban J connectivity index is 1.42. The Labute approximate surface area is 183 Å². The van der Waals surface area contributed by atoms with Crippen LogP contribution in [0.5, 0.6) is 5.75 Å². The molecule has 1 aromatic heterocycles. The Morgan fingerprint density at radius 2 is 1.67 bits per heavy atom. The minimum Gasteiger partial charge on any atom is -0.507 e. The molecule has 2 aromatic carbocycles. The molecule has 1 heterocycles. The quantitative estimate of drug-likeness (QED) is 0.295. The van der Waals surface area contributed by atoms with Gasteiger partial charge in [0.15, 0.2) is 0 Å². The summed E-state index contributed by atoms with van der Waals surface area (Å²) in [5.41, 5.74) is 2.24. The van der Waals surface area contributed by atoms with Gasteiger partial charge < -0.3 is 10.4 Å². The number of para-hydroxylation sites is 1. The third-order valence-corrected chi connectivity index (χ3v) is 6.38. The highest BCUT2D eigenvalue weighted by Crippen LogP contribution is 2.36. The Kier molecular flexibility index (Phi) is 8.69. The molecular formula is C25H32N2O2S. The van der Waals surface area contributed by atoms with Crippen LogP contribution in [0.2, 0.25) is 0 Å². The number of carbonyl (C=O) groups excluding carboxylic acids is 1. The minimum absolute atomic E-state index is 0.00471. The van der Waals surface area contributed by atoms with Crippen molar-refractivity contribution in [2.24, 2.45) is 0 Å². The van der Waals surface area contributed by atoms with E-state index in [0.717, 1.165) is 28.1 Å². The number of nitrogens with zero attached hydrogens (tertiary/aromatic N) is 1. The first-order valence-corrected chi connectivity index (χ1v) is 12.0. The van der Waals surface area contributed by atoms with Gasteiger partial charge in [0.25, 0.3) is 0 Å². The van der Waals surface area contributed by atoms with Gasteiger partial charge in [0.2, 0.25) is 5.91 Å². The molecule has 3 rings (SSSR count). The number of benzene rings is 2. The van der Waals surface area contributed by atoms with Crippen molar-refractivity contribution < 1.29 is 9.90 Å². The summed E-state index contributed by atoms with van der Waals surface area (Å²) < 4.78 is 1.09. The number of fused-ring (bicyclic) bond motifs is 1. The van der Waals surface area contributed by atoms with E-state index >= 15 is 0 Å². The minimum atomic E-state index is 0.00471. The lowest BCUT2D eigenvalue weighted by Crippen LogP contribution is -2.10. The van der Waals surface area contributed by atoms with Gasteiger partial charge >= 0.3 is 0 Å². The molecule has 0 aliphatic heterocycles. The van der Waals surface area contributed by atoms with Crippen molar-refractivity contribution in [3.05, 3.63) is 42.5 Å². The largest absolute Gasteiger partial charge is 0.507 e. The molecule has 0 spiro atoms. The number of rotatable bonds is 12. The topological polar surface area (TPSA) is 62.2 Å². The van der Waals surface area contributed by atoms with Gasteiger partial charge in [-0.05, 0) is 30.7 Å². The highest BCUT2D eigenvalue weighted by Gasteiger charge is 2.12. The number of thiazole rings is 1. The second kappa shape index (κ2) is 11.7. The van der Waals surface area contributed by atoms with E-state index in [1.807, 2.05) is 36.4 Å². The molecule has 2 N–H and O–H groups in total. The maximum absolute atomic E-state index is 12.2. The van der Waals surface area contributed by atoms with Crippen molar-refractivity contribution in [2.75, 3.05) is 5.32 Å². The molecule has 3 aromatic rings. The Hall–Kier alpha value is -2.40. The zero-order valence-electron chi connectivity index (χ0n) is 17.8. The summed E-state index contributed by atoms with van der Waals surface area (Å²) in [5, 5.41) is 14.1. The van der Waals surface area contributed by atoms with E-state index in [2.05, 4.69) is 17.2 Å². The van der Waals surface area contributed by atoms with Crippen LogP contribution in [-0.2, 0) is 4.79 Å². The summed E-state index contributed by atoms with van der Waals surface area (Å²) >= 11 is 1.55. The number of nitrogens with one attached hydrogen (secondary N) is 1. The van der Waals surface area contributed by atoms with Crippen molar-refractivity contribution in [2.45, 2.75) is 71.1 Å². The first-order chi connectivity index (χ1) is 14.7. The first kappa shape index (κ1) is 22.3. The molecule has 0 bridgehead atoms. The van der Waals surface area contributed by atoms with E-state index in [1.165, 1.54) is 44.9 Å². The van der Waals surface area contributed by atoms with E-state index in [0.29, 0.717) is 17.7 Å². The molecule has 0 radical (unpaired) electrons. The molecule has 0 saturated heterocycles. The van der Waals surface area contributed by atoms with Crippen LogP contribution in [0.1, 0.15) is 71.1 Å². The summed E-state index contributed by atoms with van der Waals surface area (Å²) in [6.07, 6.45) is 11.6. The number of phenols is 1. The summed E-state index contributed by atoms with van der Waals surface area (Å²) in [6.45, 7) is 2.24. The molecule has 0 aliphatic rings. The Morgan fingerprint density at radius 3 is 2.37 bits per heavy atom. The average molecular weight is 425 g/mol. The van der Waals surface area contributed by atoms with Gasteiger partial charge in [-0.1, -0.05) is 70.4 Å². The van der Waals surface area contributed by atoms with Gasteiger partial charge in [-0.25, -0.2) is 4.98 Å². The van der Waals surface area contributed by atoms with Crippen molar-refractivity contribution in [3.8, 4) is 16.3 Å². The van der Waals surface area contributed by atoms with Gasteiger partial charge in [0.1, 0.15) is 10.8 Å². The highest BCUT2D eigenvalue weighted by molar-refractivity contribution is 7.21. The molecule has 5 heteroatoms. The van der Waals surface area contributed by atoms with Crippen LogP contribution in [0.3, 0.4) is 0 Å². The molecule has 4 nitrogen and oxygen atoms in total. The van der Waals surface area contributed by atoms with Gasteiger partial charge in [-0.2, -0.15) is 0 Å². The zero-order valence-corrected chi connectivity index (χ0v) is 18.6. The summed E-state index contributed by atoms with van der Waals surface area (Å²) in [7, 11) is 0. The van der Waals surface area contributed by atoms with Crippen LogP contribution in [0.4, 0.5) is 5.69 Å². The molecule has 160 valence electrons. The summed E-state index contributed by atoms with van der Waals surface area (Å²) in [5.74, 6) is 0.139. The molecule has 30 heavy (non-hydrogen) atoms. The lowest BCUT2D eigenvalue weighted by molar-refractivity contribution is -0.116. The number of aromatic nitrogens is 1. The van der Waals surface area contributed by atoms with Gasteiger partial charge in [-0.15, -0.1) is 11.3 Å². The molecule has 0 unspecified atom stereocenters. The molecule has 0 aliphatic carbocycles. The van der Waals surface area contributed by atoms with Crippen molar-refractivity contribution >= 4 is 33.1 Å². The fourth-order valence-corrected chi connectivity index (χ4v) is 4.60. The molecular weight excluding hydrogens is 392 g/mol. The SMILES string of the molecule is CCCCCCCCCCCC(=O)Nc1ccc(-c2nc3ccccc3s2)c(O)c1. The van der Waals surface area contributed by atoms with Crippen LogP contribution < -0.4 is 5.32 Å². The number of carbonyl (C=O) groups is 1. The average Bonchev–Trinajstić information content (AvgIpc) is 3.16. The van der Waals surface area contributed by atoms with Crippen LogP contribution in [-0.4, -0.2) is 16.0 Å². The third kappa shape index (κ3) is 6.56. The second-order valence-electron chi connectivity index (χ2n) is 7.85. The second-order valence-corrected chi connectivity index (χ2v) is 8.88. The first-order valence-electron chi connectivity index (χ1n) is 11.2. The smallest absolute Gasteiger partial charge is 0.224 e. The van der Waals surface area contributed by atoms with Crippen molar-refractivity contribution in [3.63, 3.8) is 0 Å². The fourth-order valence-electron chi connectivity index (χ4n) is 3.60. The number of anilines is 1. The molecule has 1 amide bonds. The number of aromatic hydroxyl groups is 1. The number of amides is 1. The van der Waals surface area contributed by atoms with Crippen LogP contribution in [0.15, 0.2) is 42.5 Å². The maximum Gasteiger partial charge on any atom is 0.224 e. The summed E-state index contributed by atoms with van der Waals surface area (Å²) in [6, 6.07) is 13.2. The van der Waals surface area contributed by atoms with Gasteiger partial charge in [-0.3, -0.25) is 4.79 Å². The van der Waals surface area contributed by atoms with E-state index in [1.54, 1.807) is 17.4 Å². The van der Waals surface area contributed by atoms with E-state index < -0.39 is 0 Å². The predicted octanol–water partition coefficient (Wildman–Crippen LogP) is 7.53. The summed E-state index contributed by atoms with van der Waals surface area (Å²) in [4.78, 5) is 16.8. The van der Waals surface area contributed by atoms with E-state index in [9.17, 15) is 9.90 Å². The molecule has 0 atom stereocenters. The number of hydrogen-bond acceptors (Lipinski definition) is 4. The number of hydrogen-bond donors (Lipinski definition) is 2. The fraction of sp³-hybridized carbons (Fsp3) is 0.440. The third-order valence-electron chi connectivity index (χ3n) is 5.31. The highest BCUT2D eigenvalue weighted by atomic mass is 32.1. The van der Waals surface area contributed by atoms with Crippen molar-refractivity contribution in [1.82, 2.24) is 4.98 Å². The van der Waals surface area contributed by atoms with Gasteiger partial charge in [0, 0.05) is 18.2 Å². The lowest BCUT2D eigenvalue weighted by atomic mass is 10.1. The standard InChI is InChI=1S/C25H32N2O2S/c1-2-3-4-5-6-7-8-9-10-15-24(29)26-19-16-17-20(22(28)18-19)25-27-21-13-11-12-14-23(21)30-25/h11-14,16-18,28H,2-10,15H2,1H3,(H,26,29). The molecule has 0 fully saturated rings. The van der Waals surface area contributed by atoms with Crippen LogP contribution in [0.25, 0.3) is 20.8 Å². The lowest BCUT2D eigenvalue weighted by Gasteiger charge is -2.08. The predicted molar refractivity (Wildman–Crippen MR) is 127 cm³/mol. The normalized spacial score (nSPS) is 11.1. The van der Waals surface area contributed by atoms with Crippen LogP contribution in [0, 0.1) is 0 Å². The zero-order chi connectivity index (χ0) is 21.2. The monoisotopic (exact) mass is 424 g/mol. The Morgan fingerprint density at radius 1 is 0.967 bits per heavy atom. The van der Waals surface area contributed by atoms with E-state index in [-0.39, 0.29) is 11.7 Å². The van der Waals surface area contributed by atoms with Crippen molar-refractivity contribution in [1.29, 1.82) is 0 Å².